The standard InChI is InChI=1S/C33H35N3O9/c1-20-8-12-22(13-9-20)29(38)42-19-26-25(44-30(39)23-14-10-21(2)11-15-23)17-27(43-26)36-18-24(28(37)35-31(36)40)7-6-16-34-32(41)45-33(3,4)5/h8-15,18,25-27H,16-17,19H2,1-5H3,(H,34,41)(H,35,37,40)/t25-,26+,27+/m0/s1. The molecule has 2 heterocycles. The quantitative estimate of drug-likeness (QED) is 0.231. The van der Waals surface area contributed by atoms with Crippen molar-refractivity contribution in [2.45, 2.75) is 65.1 Å². The predicted molar refractivity (Wildman–Crippen MR) is 163 cm³/mol. The summed E-state index contributed by atoms with van der Waals surface area (Å²) in [6.45, 7) is 8.57. The summed E-state index contributed by atoms with van der Waals surface area (Å²) in [4.78, 5) is 65.0. The number of alkyl carbamates (subject to hydrolysis) is 1. The number of hydrogen-bond donors (Lipinski definition) is 2. The van der Waals surface area contributed by atoms with E-state index in [-0.39, 0.29) is 25.1 Å². The van der Waals surface area contributed by atoms with Crippen molar-refractivity contribution in [2.24, 2.45) is 0 Å². The Hall–Kier alpha value is -5.15. The zero-order chi connectivity index (χ0) is 32.7. The summed E-state index contributed by atoms with van der Waals surface area (Å²) in [5.74, 6) is 4.07. The molecule has 1 aromatic heterocycles. The van der Waals surface area contributed by atoms with Crippen molar-refractivity contribution in [1.29, 1.82) is 0 Å². The molecule has 1 aliphatic heterocycles. The Morgan fingerprint density at radius 1 is 0.978 bits per heavy atom. The van der Waals surface area contributed by atoms with Crippen molar-refractivity contribution >= 4 is 18.0 Å². The Labute approximate surface area is 259 Å². The molecule has 1 fully saturated rings. The zero-order valence-electron chi connectivity index (χ0n) is 25.7. The van der Waals surface area contributed by atoms with Gasteiger partial charge in [-0.05, 0) is 58.9 Å². The number of nitrogens with one attached hydrogen (secondary N) is 2. The molecule has 1 amide bonds. The Morgan fingerprint density at radius 3 is 2.18 bits per heavy atom. The van der Waals surface area contributed by atoms with Gasteiger partial charge in [0.05, 0.1) is 17.7 Å². The molecule has 0 bridgehead atoms. The number of aromatic amines is 1. The number of nitrogens with zero attached hydrogens (tertiary/aromatic N) is 1. The maximum Gasteiger partial charge on any atom is 0.408 e. The number of ether oxygens (including phenoxy) is 4. The molecule has 236 valence electrons. The van der Waals surface area contributed by atoms with E-state index in [0.717, 1.165) is 15.7 Å². The third-order valence-corrected chi connectivity index (χ3v) is 6.61. The van der Waals surface area contributed by atoms with Crippen LogP contribution >= 0.6 is 0 Å². The van der Waals surface area contributed by atoms with Crippen LogP contribution in [0.15, 0.2) is 64.3 Å². The number of H-pyrrole nitrogens is 1. The fraction of sp³-hybridized carbons (Fsp3) is 0.364. The molecule has 45 heavy (non-hydrogen) atoms. The van der Waals surface area contributed by atoms with Crippen LogP contribution in [0.3, 0.4) is 0 Å². The normalized spacial score (nSPS) is 17.5. The number of benzene rings is 2. The van der Waals surface area contributed by atoms with Gasteiger partial charge in [0.2, 0.25) is 0 Å². The minimum atomic E-state index is -0.992. The fourth-order valence-corrected chi connectivity index (χ4v) is 4.33. The summed E-state index contributed by atoms with van der Waals surface area (Å²) < 4.78 is 23.6. The molecule has 2 N–H and O–H groups in total. The lowest BCUT2D eigenvalue weighted by Crippen LogP contribution is -2.34. The Morgan fingerprint density at radius 2 is 1.58 bits per heavy atom. The van der Waals surface area contributed by atoms with Crippen LogP contribution in [0.25, 0.3) is 0 Å². The molecule has 12 heteroatoms. The van der Waals surface area contributed by atoms with Gasteiger partial charge < -0.3 is 24.3 Å². The predicted octanol–water partition coefficient (Wildman–Crippen LogP) is 3.40. The van der Waals surface area contributed by atoms with E-state index in [1.807, 2.05) is 13.8 Å². The Balaban J connectivity index is 1.52. The molecule has 1 saturated heterocycles. The first-order valence-electron chi connectivity index (χ1n) is 14.3. The van der Waals surface area contributed by atoms with Crippen LogP contribution in [0, 0.1) is 25.7 Å². The monoisotopic (exact) mass is 617 g/mol. The SMILES string of the molecule is Cc1ccc(C(=O)OC[C@H]2O[C@@H](n3cc(C#CCNC(=O)OC(C)(C)C)c(=O)[nH]c3=O)C[C@@H]2OC(=O)c2ccc(C)cc2)cc1. The topological polar surface area (TPSA) is 155 Å². The summed E-state index contributed by atoms with van der Waals surface area (Å²) in [6, 6.07) is 13.6. The van der Waals surface area contributed by atoms with Crippen LogP contribution in [-0.2, 0) is 18.9 Å². The van der Waals surface area contributed by atoms with Crippen LogP contribution in [0.4, 0.5) is 4.79 Å². The molecular weight excluding hydrogens is 582 g/mol. The van der Waals surface area contributed by atoms with Gasteiger partial charge in [-0.25, -0.2) is 19.2 Å². The van der Waals surface area contributed by atoms with E-state index in [4.69, 9.17) is 18.9 Å². The molecule has 1 aliphatic rings. The second kappa shape index (κ2) is 14.1. The van der Waals surface area contributed by atoms with Crippen LogP contribution in [0.2, 0.25) is 0 Å². The lowest BCUT2D eigenvalue weighted by atomic mass is 10.1. The molecule has 12 nitrogen and oxygen atoms in total. The second-order valence-corrected chi connectivity index (χ2v) is 11.5. The third-order valence-electron chi connectivity index (χ3n) is 6.61. The molecule has 3 aromatic rings. The largest absolute Gasteiger partial charge is 0.459 e. The van der Waals surface area contributed by atoms with Gasteiger partial charge in [0, 0.05) is 12.6 Å². The van der Waals surface area contributed by atoms with Crippen molar-refractivity contribution in [1.82, 2.24) is 14.9 Å². The molecule has 0 spiro atoms. The molecule has 0 radical (unpaired) electrons. The van der Waals surface area contributed by atoms with Crippen LogP contribution in [-0.4, -0.2) is 58.5 Å². The van der Waals surface area contributed by atoms with Gasteiger partial charge in [0.15, 0.2) is 0 Å². The third kappa shape index (κ3) is 9.17. The van der Waals surface area contributed by atoms with E-state index in [1.54, 1.807) is 69.3 Å². The molecule has 0 aliphatic carbocycles. The number of carbonyl (C=O) groups is 3. The van der Waals surface area contributed by atoms with E-state index in [1.165, 1.54) is 6.20 Å². The minimum absolute atomic E-state index is 0.0172. The van der Waals surface area contributed by atoms with Crippen molar-refractivity contribution in [3.63, 3.8) is 0 Å². The van der Waals surface area contributed by atoms with Gasteiger partial charge >= 0.3 is 23.7 Å². The lowest BCUT2D eigenvalue weighted by molar-refractivity contribution is -0.0582. The van der Waals surface area contributed by atoms with Gasteiger partial charge in [-0.3, -0.25) is 14.3 Å². The first kappa shape index (κ1) is 32.8. The number of hydrogen-bond acceptors (Lipinski definition) is 9. The minimum Gasteiger partial charge on any atom is -0.459 e. The highest BCUT2D eigenvalue weighted by Crippen LogP contribution is 2.31. The average Bonchev–Trinajstić information content (AvgIpc) is 3.36. The van der Waals surface area contributed by atoms with E-state index in [0.29, 0.717) is 11.1 Å². The number of aromatic nitrogens is 2. The summed E-state index contributed by atoms with van der Waals surface area (Å²) in [6.07, 6.45) is -2.25. The molecule has 4 rings (SSSR count). The highest BCUT2D eigenvalue weighted by Gasteiger charge is 2.40. The van der Waals surface area contributed by atoms with E-state index in [9.17, 15) is 24.0 Å². The van der Waals surface area contributed by atoms with E-state index < -0.39 is 53.3 Å². The maximum atomic E-state index is 13.0. The second-order valence-electron chi connectivity index (χ2n) is 11.5. The van der Waals surface area contributed by atoms with Gasteiger partial charge in [0.1, 0.15) is 36.2 Å². The average molecular weight is 618 g/mol. The maximum absolute atomic E-state index is 13.0. The van der Waals surface area contributed by atoms with Gasteiger partial charge in [-0.15, -0.1) is 0 Å². The molecule has 0 saturated carbocycles. The number of carbonyl (C=O) groups excluding carboxylic acids is 3. The van der Waals surface area contributed by atoms with E-state index in [2.05, 4.69) is 22.1 Å². The smallest absolute Gasteiger partial charge is 0.408 e. The van der Waals surface area contributed by atoms with Crippen molar-refractivity contribution < 1.29 is 33.3 Å². The Kier molecular flexibility index (Phi) is 10.3. The van der Waals surface area contributed by atoms with Crippen LogP contribution in [0.1, 0.15) is 70.8 Å². The molecule has 3 atom stereocenters. The van der Waals surface area contributed by atoms with Gasteiger partial charge in [-0.2, -0.15) is 0 Å². The Bertz CT molecular complexity index is 1720. The first-order chi connectivity index (χ1) is 21.3. The van der Waals surface area contributed by atoms with Crippen molar-refractivity contribution in [3.05, 3.63) is 103 Å². The number of amides is 1. The fourth-order valence-electron chi connectivity index (χ4n) is 4.33. The summed E-state index contributed by atoms with van der Waals surface area (Å²) in [7, 11) is 0. The summed E-state index contributed by atoms with van der Waals surface area (Å²) in [5, 5.41) is 2.46. The molecule has 2 aromatic carbocycles. The van der Waals surface area contributed by atoms with Crippen molar-refractivity contribution in [3.8, 4) is 11.8 Å². The molecular formula is C33H35N3O9. The van der Waals surface area contributed by atoms with Crippen LogP contribution in [0.5, 0.6) is 0 Å². The summed E-state index contributed by atoms with van der Waals surface area (Å²) in [5.41, 5.74) is 0.344. The first-order valence-corrected chi connectivity index (χ1v) is 14.3. The van der Waals surface area contributed by atoms with Gasteiger partial charge in [-0.1, -0.05) is 47.2 Å². The molecule has 0 unspecified atom stereocenters. The van der Waals surface area contributed by atoms with E-state index >= 15 is 0 Å². The number of rotatable bonds is 7. The lowest BCUT2D eigenvalue weighted by Gasteiger charge is -2.19. The van der Waals surface area contributed by atoms with Crippen molar-refractivity contribution in [2.75, 3.05) is 13.2 Å². The van der Waals surface area contributed by atoms with Gasteiger partial charge in [0.25, 0.3) is 5.56 Å². The summed E-state index contributed by atoms with van der Waals surface area (Å²) >= 11 is 0. The highest BCUT2D eigenvalue weighted by atomic mass is 16.6. The highest BCUT2D eigenvalue weighted by molar-refractivity contribution is 5.90. The number of aryl methyl sites for hydroxylation is 2. The van der Waals surface area contributed by atoms with Crippen LogP contribution < -0.4 is 16.6 Å². The number of esters is 2. The zero-order valence-corrected chi connectivity index (χ0v) is 25.7.